The van der Waals surface area contributed by atoms with Crippen LogP contribution in [0.1, 0.15) is 20.3 Å². The minimum absolute atomic E-state index is 0.168. The highest BCUT2D eigenvalue weighted by molar-refractivity contribution is 7.89. The molecule has 0 aliphatic carbocycles. The Morgan fingerprint density at radius 2 is 2.03 bits per heavy atom. The standard InChI is InChI=1S/C21H28N6O4S/c1-4-14(2)23-20-16-7-8-22-19(16)25-21(26-20)24-17-6-5-15(13-18(17)30-3)32(28,29)27-9-11-31-12-10-27/h5-8,13-14H,4,9-12H2,1-3H3,(H3,22,23,24,25,26). The van der Waals surface area contributed by atoms with Crippen LogP contribution in [0.15, 0.2) is 35.4 Å². The molecule has 3 heterocycles. The van der Waals surface area contributed by atoms with Crippen molar-refractivity contribution in [2.24, 2.45) is 0 Å². The summed E-state index contributed by atoms with van der Waals surface area (Å²) in [5.41, 5.74) is 1.26. The van der Waals surface area contributed by atoms with Crippen LogP contribution in [0.2, 0.25) is 0 Å². The smallest absolute Gasteiger partial charge is 0.243 e. The van der Waals surface area contributed by atoms with Crippen LogP contribution in [-0.4, -0.2) is 67.1 Å². The van der Waals surface area contributed by atoms with Crippen LogP contribution in [0.4, 0.5) is 17.5 Å². The average molecular weight is 461 g/mol. The Hall–Kier alpha value is -2.89. The minimum Gasteiger partial charge on any atom is -0.495 e. The summed E-state index contributed by atoms with van der Waals surface area (Å²) in [5, 5.41) is 7.46. The van der Waals surface area contributed by atoms with E-state index in [4.69, 9.17) is 9.47 Å². The highest BCUT2D eigenvalue weighted by Crippen LogP contribution is 2.32. The molecule has 0 spiro atoms. The number of fused-ring (bicyclic) bond motifs is 1. The molecule has 32 heavy (non-hydrogen) atoms. The zero-order valence-electron chi connectivity index (χ0n) is 18.4. The zero-order chi connectivity index (χ0) is 22.7. The maximum Gasteiger partial charge on any atom is 0.243 e. The van der Waals surface area contributed by atoms with Gasteiger partial charge in [0.25, 0.3) is 0 Å². The highest BCUT2D eigenvalue weighted by atomic mass is 32.2. The molecule has 2 aromatic heterocycles. The second-order valence-electron chi connectivity index (χ2n) is 7.59. The number of nitrogens with one attached hydrogen (secondary N) is 3. The number of methoxy groups -OCH3 is 1. The second-order valence-corrected chi connectivity index (χ2v) is 9.53. The lowest BCUT2D eigenvalue weighted by molar-refractivity contribution is 0.0730. The number of rotatable bonds is 8. The predicted molar refractivity (Wildman–Crippen MR) is 123 cm³/mol. The van der Waals surface area contributed by atoms with Gasteiger partial charge in [-0.25, -0.2) is 8.42 Å². The van der Waals surface area contributed by atoms with Gasteiger partial charge in [-0.15, -0.1) is 0 Å². The Morgan fingerprint density at radius 1 is 1.25 bits per heavy atom. The lowest BCUT2D eigenvalue weighted by Gasteiger charge is -2.26. The molecule has 11 heteroatoms. The maximum absolute atomic E-state index is 13.0. The summed E-state index contributed by atoms with van der Waals surface area (Å²) in [5.74, 6) is 1.47. The summed E-state index contributed by atoms with van der Waals surface area (Å²) >= 11 is 0. The van der Waals surface area contributed by atoms with Gasteiger partial charge in [0, 0.05) is 31.4 Å². The molecule has 3 aromatic rings. The molecule has 10 nitrogen and oxygen atoms in total. The molecule has 4 rings (SSSR count). The number of hydrogen-bond acceptors (Lipinski definition) is 8. The molecule has 1 fully saturated rings. The number of ether oxygens (including phenoxy) is 2. The Balaban J connectivity index is 1.64. The van der Waals surface area contributed by atoms with Crippen LogP contribution in [-0.2, 0) is 14.8 Å². The summed E-state index contributed by atoms with van der Waals surface area (Å²) in [6.07, 6.45) is 2.77. The monoisotopic (exact) mass is 460 g/mol. The molecular formula is C21H28N6O4S. The summed E-state index contributed by atoms with van der Waals surface area (Å²) in [6, 6.07) is 6.90. The van der Waals surface area contributed by atoms with Gasteiger partial charge in [-0.05, 0) is 31.5 Å². The van der Waals surface area contributed by atoms with Crippen LogP contribution in [0.5, 0.6) is 5.75 Å². The predicted octanol–water partition coefficient (Wildman–Crippen LogP) is 2.94. The van der Waals surface area contributed by atoms with Crippen LogP contribution >= 0.6 is 0 Å². The molecular weight excluding hydrogens is 432 g/mol. The molecule has 1 atom stereocenters. The fraction of sp³-hybridized carbons (Fsp3) is 0.429. The van der Waals surface area contributed by atoms with Gasteiger partial charge in [0.1, 0.15) is 17.2 Å². The van der Waals surface area contributed by atoms with E-state index < -0.39 is 10.0 Å². The summed E-state index contributed by atoms with van der Waals surface area (Å²) in [6.45, 7) is 5.64. The molecule has 0 amide bonds. The van der Waals surface area contributed by atoms with Gasteiger partial charge >= 0.3 is 0 Å². The largest absolute Gasteiger partial charge is 0.495 e. The van der Waals surface area contributed by atoms with E-state index in [1.165, 1.54) is 17.5 Å². The number of sulfonamides is 1. The van der Waals surface area contributed by atoms with Crippen LogP contribution in [0, 0.1) is 0 Å². The number of nitrogens with zero attached hydrogens (tertiary/aromatic N) is 3. The SMILES string of the molecule is CCC(C)Nc1nc(Nc2ccc(S(=O)(=O)N3CCOCC3)cc2OC)nc2[nH]ccc12. The van der Waals surface area contributed by atoms with E-state index in [0.29, 0.717) is 49.3 Å². The number of H-pyrrole nitrogens is 1. The molecule has 1 unspecified atom stereocenters. The van der Waals surface area contributed by atoms with E-state index in [-0.39, 0.29) is 10.9 Å². The van der Waals surface area contributed by atoms with Gasteiger partial charge < -0.3 is 25.1 Å². The fourth-order valence-electron chi connectivity index (χ4n) is 3.43. The number of aromatic amines is 1. The van der Waals surface area contributed by atoms with Crippen molar-refractivity contribution in [1.82, 2.24) is 19.3 Å². The molecule has 1 aliphatic heterocycles. The van der Waals surface area contributed by atoms with Crippen molar-refractivity contribution in [3.05, 3.63) is 30.5 Å². The van der Waals surface area contributed by atoms with Gasteiger partial charge in [0.15, 0.2) is 0 Å². The zero-order valence-corrected chi connectivity index (χ0v) is 19.2. The van der Waals surface area contributed by atoms with Crippen molar-refractivity contribution in [3.8, 4) is 5.75 Å². The minimum atomic E-state index is -3.63. The third-order valence-corrected chi connectivity index (χ3v) is 7.33. The second kappa shape index (κ2) is 9.31. The molecule has 1 saturated heterocycles. The van der Waals surface area contributed by atoms with Crippen molar-refractivity contribution >= 4 is 38.5 Å². The van der Waals surface area contributed by atoms with E-state index in [0.717, 1.165) is 17.6 Å². The quantitative estimate of drug-likeness (QED) is 0.469. The van der Waals surface area contributed by atoms with Crippen molar-refractivity contribution in [2.45, 2.75) is 31.2 Å². The number of aromatic nitrogens is 3. The number of hydrogen-bond donors (Lipinski definition) is 3. The number of benzene rings is 1. The van der Waals surface area contributed by atoms with E-state index >= 15 is 0 Å². The Bertz CT molecular complexity index is 1190. The van der Waals surface area contributed by atoms with Gasteiger partial charge in [-0.3, -0.25) is 0 Å². The molecule has 3 N–H and O–H groups in total. The molecule has 1 aromatic carbocycles. The van der Waals surface area contributed by atoms with Gasteiger partial charge in [0.05, 0.1) is 36.3 Å². The molecule has 0 radical (unpaired) electrons. The molecule has 172 valence electrons. The lowest BCUT2D eigenvalue weighted by atomic mass is 10.2. The normalized spacial score (nSPS) is 16.1. The van der Waals surface area contributed by atoms with Crippen LogP contribution < -0.4 is 15.4 Å². The summed E-state index contributed by atoms with van der Waals surface area (Å²) in [4.78, 5) is 12.4. The van der Waals surface area contributed by atoms with Gasteiger partial charge in [-0.1, -0.05) is 6.92 Å². The van der Waals surface area contributed by atoms with Crippen LogP contribution in [0.25, 0.3) is 11.0 Å². The third-order valence-electron chi connectivity index (χ3n) is 5.44. The average Bonchev–Trinajstić information content (AvgIpc) is 3.28. The summed E-state index contributed by atoms with van der Waals surface area (Å²) < 4.78 is 38.1. The van der Waals surface area contributed by atoms with E-state index in [1.54, 1.807) is 12.1 Å². The van der Waals surface area contributed by atoms with Crippen molar-refractivity contribution < 1.29 is 17.9 Å². The Kier molecular flexibility index (Phi) is 6.49. The van der Waals surface area contributed by atoms with E-state index in [9.17, 15) is 8.42 Å². The Labute approximate surface area is 187 Å². The number of morpholine rings is 1. The maximum atomic E-state index is 13.0. The van der Waals surface area contributed by atoms with Crippen molar-refractivity contribution in [1.29, 1.82) is 0 Å². The first-order valence-corrected chi connectivity index (χ1v) is 12.0. The number of anilines is 3. The molecule has 0 saturated carbocycles. The highest BCUT2D eigenvalue weighted by Gasteiger charge is 2.27. The first-order chi connectivity index (χ1) is 15.4. The van der Waals surface area contributed by atoms with E-state index in [1.807, 2.05) is 12.3 Å². The fourth-order valence-corrected chi connectivity index (χ4v) is 4.86. The topological polar surface area (TPSA) is 121 Å². The van der Waals surface area contributed by atoms with Crippen LogP contribution in [0.3, 0.4) is 0 Å². The van der Waals surface area contributed by atoms with E-state index in [2.05, 4.69) is 39.4 Å². The summed E-state index contributed by atoms with van der Waals surface area (Å²) in [7, 11) is -2.13. The molecule has 0 bridgehead atoms. The first-order valence-electron chi connectivity index (χ1n) is 10.6. The van der Waals surface area contributed by atoms with Crippen molar-refractivity contribution in [3.63, 3.8) is 0 Å². The van der Waals surface area contributed by atoms with Crippen molar-refractivity contribution in [2.75, 3.05) is 44.0 Å². The first kappa shape index (κ1) is 22.3. The van der Waals surface area contributed by atoms with Gasteiger partial charge in [-0.2, -0.15) is 14.3 Å². The van der Waals surface area contributed by atoms with Gasteiger partial charge in [0.2, 0.25) is 16.0 Å². The lowest BCUT2D eigenvalue weighted by Crippen LogP contribution is -2.40. The molecule has 1 aliphatic rings. The third kappa shape index (κ3) is 4.50. The Morgan fingerprint density at radius 3 is 2.75 bits per heavy atom.